The van der Waals surface area contributed by atoms with Crippen molar-refractivity contribution < 1.29 is 9.50 Å². The molecule has 0 fully saturated rings. The molecule has 90 valence electrons. The normalized spacial score (nSPS) is 14.8. The lowest BCUT2D eigenvalue weighted by atomic mass is 10.1. The van der Waals surface area contributed by atoms with E-state index in [0.717, 1.165) is 18.4 Å². The van der Waals surface area contributed by atoms with E-state index in [9.17, 15) is 4.39 Å². The third kappa shape index (κ3) is 4.73. The molecule has 16 heavy (non-hydrogen) atoms. The first-order valence-corrected chi connectivity index (χ1v) is 5.73. The average molecular weight is 225 g/mol. The molecule has 0 bridgehead atoms. The number of rotatable bonds is 6. The summed E-state index contributed by atoms with van der Waals surface area (Å²) in [6.45, 7) is 4.35. The Labute approximate surface area is 96.5 Å². The molecule has 1 aromatic rings. The van der Waals surface area contributed by atoms with Gasteiger partial charge in [-0.15, -0.1) is 0 Å². The van der Waals surface area contributed by atoms with Gasteiger partial charge in [0, 0.05) is 18.7 Å². The van der Waals surface area contributed by atoms with Gasteiger partial charge in [-0.1, -0.05) is 12.1 Å². The Morgan fingerprint density at radius 1 is 1.19 bits per heavy atom. The molecule has 0 heterocycles. The second kappa shape index (κ2) is 6.61. The van der Waals surface area contributed by atoms with Gasteiger partial charge in [-0.3, -0.25) is 0 Å². The largest absolute Gasteiger partial charge is 0.396 e. The minimum atomic E-state index is -0.196. The Morgan fingerprint density at radius 2 is 1.81 bits per heavy atom. The third-order valence-electron chi connectivity index (χ3n) is 2.59. The number of benzene rings is 1. The van der Waals surface area contributed by atoms with Crippen LogP contribution in [-0.4, -0.2) is 23.8 Å². The van der Waals surface area contributed by atoms with Gasteiger partial charge in [-0.25, -0.2) is 4.39 Å². The van der Waals surface area contributed by atoms with E-state index in [-0.39, 0.29) is 12.4 Å². The molecular weight excluding hydrogens is 205 g/mol. The van der Waals surface area contributed by atoms with Gasteiger partial charge < -0.3 is 10.4 Å². The molecular formula is C13H20FNO. The van der Waals surface area contributed by atoms with E-state index in [0.29, 0.717) is 12.1 Å². The number of aliphatic hydroxyl groups is 1. The predicted molar refractivity (Wildman–Crippen MR) is 63.9 cm³/mol. The van der Waals surface area contributed by atoms with Crippen LogP contribution in [0.4, 0.5) is 4.39 Å². The second-order valence-corrected chi connectivity index (χ2v) is 4.31. The summed E-state index contributed by atoms with van der Waals surface area (Å²) in [5.74, 6) is -0.196. The maximum atomic E-state index is 12.7. The fourth-order valence-electron chi connectivity index (χ4n) is 1.80. The van der Waals surface area contributed by atoms with Crippen molar-refractivity contribution in [3.8, 4) is 0 Å². The fraction of sp³-hybridized carbons (Fsp3) is 0.538. The Bertz CT molecular complexity index is 299. The molecule has 0 saturated heterocycles. The summed E-state index contributed by atoms with van der Waals surface area (Å²) in [4.78, 5) is 0. The lowest BCUT2D eigenvalue weighted by molar-refractivity contribution is 0.264. The smallest absolute Gasteiger partial charge is 0.123 e. The van der Waals surface area contributed by atoms with E-state index in [4.69, 9.17) is 5.11 Å². The molecule has 0 aliphatic heterocycles. The number of nitrogens with one attached hydrogen (secondary N) is 1. The number of hydrogen-bond donors (Lipinski definition) is 2. The molecule has 1 aromatic carbocycles. The van der Waals surface area contributed by atoms with Crippen molar-refractivity contribution in [2.75, 3.05) is 6.61 Å². The maximum absolute atomic E-state index is 12.7. The maximum Gasteiger partial charge on any atom is 0.123 e. The molecule has 0 spiro atoms. The van der Waals surface area contributed by atoms with E-state index in [2.05, 4.69) is 19.2 Å². The summed E-state index contributed by atoms with van der Waals surface area (Å²) in [5, 5.41) is 12.2. The molecule has 2 nitrogen and oxygen atoms in total. The number of halogens is 1. The summed E-state index contributed by atoms with van der Waals surface area (Å²) >= 11 is 0. The van der Waals surface area contributed by atoms with Crippen LogP contribution < -0.4 is 5.32 Å². The van der Waals surface area contributed by atoms with Crippen molar-refractivity contribution in [3.05, 3.63) is 35.6 Å². The highest BCUT2D eigenvalue weighted by atomic mass is 19.1. The highest BCUT2D eigenvalue weighted by Gasteiger charge is 2.07. The molecule has 0 amide bonds. The lowest BCUT2D eigenvalue weighted by Crippen LogP contribution is -2.36. The van der Waals surface area contributed by atoms with Crippen molar-refractivity contribution in [1.82, 2.24) is 5.32 Å². The molecule has 3 heteroatoms. The number of aliphatic hydroxyl groups excluding tert-OH is 1. The van der Waals surface area contributed by atoms with Gasteiger partial charge in [0.1, 0.15) is 5.82 Å². The van der Waals surface area contributed by atoms with Crippen LogP contribution in [0.5, 0.6) is 0 Å². The van der Waals surface area contributed by atoms with Crippen LogP contribution in [0.25, 0.3) is 0 Å². The predicted octanol–water partition coefficient (Wildman–Crippen LogP) is 2.12. The monoisotopic (exact) mass is 225 g/mol. The summed E-state index contributed by atoms with van der Waals surface area (Å²) < 4.78 is 12.7. The molecule has 0 aliphatic carbocycles. The van der Waals surface area contributed by atoms with E-state index in [1.54, 1.807) is 0 Å². The van der Waals surface area contributed by atoms with E-state index < -0.39 is 0 Å². The van der Waals surface area contributed by atoms with E-state index in [1.165, 1.54) is 12.1 Å². The van der Waals surface area contributed by atoms with Crippen LogP contribution in [0, 0.1) is 5.82 Å². The van der Waals surface area contributed by atoms with Crippen LogP contribution in [0.2, 0.25) is 0 Å². The van der Waals surface area contributed by atoms with Crippen molar-refractivity contribution in [1.29, 1.82) is 0 Å². The molecule has 2 unspecified atom stereocenters. The Kier molecular flexibility index (Phi) is 5.43. The van der Waals surface area contributed by atoms with Crippen molar-refractivity contribution >= 4 is 0 Å². The Morgan fingerprint density at radius 3 is 2.38 bits per heavy atom. The first-order chi connectivity index (χ1) is 7.61. The van der Waals surface area contributed by atoms with Crippen molar-refractivity contribution in [2.24, 2.45) is 0 Å². The molecule has 0 aromatic heterocycles. The van der Waals surface area contributed by atoms with Crippen molar-refractivity contribution in [3.63, 3.8) is 0 Å². The van der Waals surface area contributed by atoms with Gasteiger partial charge in [-0.05, 0) is 44.4 Å². The summed E-state index contributed by atoms with van der Waals surface area (Å²) in [7, 11) is 0. The highest BCUT2D eigenvalue weighted by molar-refractivity contribution is 5.17. The van der Waals surface area contributed by atoms with Gasteiger partial charge in [0.05, 0.1) is 0 Å². The van der Waals surface area contributed by atoms with Gasteiger partial charge in [0.15, 0.2) is 0 Å². The molecule has 0 saturated carbocycles. The summed E-state index contributed by atoms with van der Waals surface area (Å²) in [5.41, 5.74) is 1.12. The summed E-state index contributed by atoms with van der Waals surface area (Å²) in [6, 6.07) is 7.22. The number of hydrogen-bond acceptors (Lipinski definition) is 2. The van der Waals surface area contributed by atoms with E-state index in [1.807, 2.05) is 12.1 Å². The zero-order chi connectivity index (χ0) is 12.0. The first-order valence-electron chi connectivity index (χ1n) is 5.73. The van der Waals surface area contributed by atoms with Gasteiger partial charge >= 0.3 is 0 Å². The van der Waals surface area contributed by atoms with E-state index >= 15 is 0 Å². The average Bonchev–Trinajstić information content (AvgIpc) is 2.21. The molecule has 2 atom stereocenters. The van der Waals surface area contributed by atoms with Crippen LogP contribution in [0.1, 0.15) is 25.8 Å². The van der Waals surface area contributed by atoms with Gasteiger partial charge in [0.2, 0.25) is 0 Å². The zero-order valence-electron chi connectivity index (χ0n) is 9.91. The lowest BCUT2D eigenvalue weighted by Gasteiger charge is -2.19. The first kappa shape index (κ1) is 13.1. The Hall–Kier alpha value is -0.930. The van der Waals surface area contributed by atoms with Crippen LogP contribution in [0.3, 0.4) is 0 Å². The quantitative estimate of drug-likeness (QED) is 0.777. The zero-order valence-corrected chi connectivity index (χ0v) is 9.91. The SMILES string of the molecule is CC(CCO)NC(C)Cc1ccc(F)cc1. The van der Waals surface area contributed by atoms with Gasteiger partial charge in [0.25, 0.3) is 0 Å². The van der Waals surface area contributed by atoms with Crippen LogP contribution >= 0.6 is 0 Å². The second-order valence-electron chi connectivity index (χ2n) is 4.31. The molecule has 0 radical (unpaired) electrons. The minimum Gasteiger partial charge on any atom is -0.396 e. The third-order valence-corrected chi connectivity index (χ3v) is 2.59. The van der Waals surface area contributed by atoms with Gasteiger partial charge in [-0.2, -0.15) is 0 Å². The molecule has 2 N–H and O–H groups in total. The summed E-state index contributed by atoms with van der Waals surface area (Å²) in [6.07, 6.45) is 1.63. The van der Waals surface area contributed by atoms with Crippen LogP contribution in [0.15, 0.2) is 24.3 Å². The topological polar surface area (TPSA) is 32.3 Å². The fourth-order valence-corrected chi connectivity index (χ4v) is 1.80. The highest BCUT2D eigenvalue weighted by Crippen LogP contribution is 2.06. The van der Waals surface area contributed by atoms with Crippen molar-refractivity contribution in [2.45, 2.75) is 38.8 Å². The standard InChI is InChI=1S/C13H20FNO/c1-10(7-8-16)15-11(2)9-12-3-5-13(14)6-4-12/h3-6,10-11,15-16H,7-9H2,1-2H3. The minimum absolute atomic E-state index is 0.196. The van der Waals surface area contributed by atoms with Crippen LogP contribution in [-0.2, 0) is 6.42 Å². The molecule has 1 rings (SSSR count). The Balaban J connectivity index is 2.39. The molecule has 0 aliphatic rings.